The van der Waals surface area contributed by atoms with Crippen molar-refractivity contribution >= 4 is 29.0 Å². The third kappa shape index (κ3) is 4.78. The first-order valence-corrected chi connectivity index (χ1v) is 10.9. The molecule has 7 nitrogen and oxygen atoms in total. The number of rotatable bonds is 5. The first-order chi connectivity index (χ1) is 15.4. The fourth-order valence-corrected chi connectivity index (χ4v) is 3.93. The lowest BCUT2D eigenvalue weighted by atomic mass is 9.96. The Labute approximate surface area is 191 Å². The van der Waals surface area contributed by atoms with Crippen molar-refractivity contribution in [1.29, 1.82) is 0 Å². The van der Waals surface area contributed by atoms with Gasteiger partial charge in [0, 0.05) is 35.8 Å². The highest BCUT2D eigenvalue weighted by molar-refractivity contribution is 6.31. The van der Waals surface area contributed by atoms with Gasteiger partial charge >= 0.3 is 0 Å². The quantitative estimate of drug-likeness (QED) is 0.631. The van der Waals surface area contributed by atoms with Crippen LogP contribution >= 0.6 is 11.6 Å². The van der Waals surface area contributed by atoms with E-state index in [-0.39, 0.29) is 17.4 Å². The fraction of sp³-hybridized carbons (Fsp3) is 0.292. The van der Waals surface area contributed by atoms with E-state index in [1.54, 1.807) is 19.2 Å². The fourth-order valence-electron chi connectivity index (χ4n) is 3.76. The second-order valence-electron chi connectivity index (χ2n) is 7.85. The molecule has 32 heavy (non-hydrogen) atoms. The number of halogens is 1. The molecule has 4 rings (SSSR count). The van der Waals surface area contributed by atoms with Crippen LogP contribution in [0.1, 0.15) is 18.4 Å². The van der Waals surface area contributed by atoms with Crippen molar-refractivity contribution in [2.75, 3.05) is 30.4 Å². The molecule has 0 bridgehead atoms. The third-order valence-corrected chi connectivity index (χ3v) is 6.14. The number of carbonyl (C=O) groups is 1. The van der Waals surface area contributed by atoms with E-state index in [2.05, 4.69) is 15.3 Å². The Hall–Kier alpha value is -3.32. The number of nitrogens with zero attached hydrogens (tertiary/aromatic N) is 3. The second-order valence-corrected chi connectivity index (χ2v) is 8.26. The van der Waals surface area contributed by atoms with Crippen LogP contribution in [-0.2, 0) is 4.79 Å². The summed E-state index contributed by atoms with van der Waals surface area (Å²) in [5.41, 5.74) is 2.10. The Balaban J connectivity index is 1.42. The van der Waals surface area contributed by atoms with Crippen LogP contribution in [0.5, 0.6) is 5.75 Å². The molecule has 1 amide bonds. The van der Waals surface area contributed by atoms with Crippen LogP contribution in [0.25, 0.3) is 5.69 Å². The summed E-state index contributed by atoms with van der Waals surface area (Å²) in [7, 11) is 1.61. The molecule has 0 saturated carbocycles. The van der Waals surface area contributed by atoms with Gasteiger partial charge in [0.25, 0.3) is 5.56 Å². The number of piperidine rings is 1. The van der Waals surface area contributed by atoms with E-state index < -0.39 is 0 Å². The van der Waals surface area contributed by atoms with E-state index in [0.717, 1.165) is 17.0 Å². The molecule has 1 fully saturated rings. The predicted octanol–water partition coefficient (Wildman–Crippen LogP) is 4.06. The largest absolute Gasteiger partial charge is 0.497 e. The SMILES string of the molecule is COc1ccc(NC(=O)C2CCN(c3ccc(=O)n(-c4ccc(C)c(Cl)c4)n3)CC2)cc1. The first-order valence-electron chi connectivity index (χ1n) is 10.5. The zero-order valence-corrected chi connectivity index (χ0v) is 18.8. The van der Waals surface area contributed by atoms with Gasteiger partial charge in [-0.05, 0) is 67.8 Å². The summed E-state index contributed by atoms with van der Waals surface area (Å²) in [6.07, 6.45) is 1.41. The molecule has 1 aliphatic rings. The molecule has 1 aromatic heterocycles. The normalized spacial score (nSPS) is 14.3. The summed E-state index contributed by atoms with van der Waals surface area (Å²) in [6.45, 7) is 3.27. The van der Waals surface area contributed by atoms with Crippen molar-refractivity contribution in [3.8, 4) is 11.4 Å². The molecule has 8 heteroatoms. The minimum absolute atomic E-state index is 0.0158. The number of methoxy groups -OCH3 is 1. The minimum atomic E-state index is -0.220. The molecule has 2 heterocycles. The third-order valence-electron chi connectivity index (χ3n) is 5.73. The van der Waals surface area contributed by atoms with Crippen molar-refractivity contribution < 1.29 is 9.53 Å². The number of hydrogen-bond acceptors (Lipinski definition) is 5. The van der Waals surface area contributed by atoms with Crippen molar-refractivity contribution in [2.24, 2.45) is 5.92 Å². The number of hydrogen-bond donors (Lipinski definition) is 1. The number of ether oxygens (including phenoxy) is 1. The lowest BCUT2D eigenvalue weighted by Crippen LogP contribution is -2.39. The minimum Gasteiger partial charge on any atom is -0.497 e. The molecular formula is C24H25ClN4O3. The Morgan fingerprint density at radius 1 is 1.09 bits per heavy atom. The number of amides is 1. The number of aryl methyl sites for hydroxylation is 1. The van der Waals surface area contributed by atoms with Crippen LogP contribution in [0.15, 0.2) is 59.4 Å². The topological polar surface area (TPSA) is 76.5 Å². The maximum absolute atomic E-state index is 12.7. The number of aromatic nitrogens is 2. The number of nitrogens with one attached hydrogen (secondary N) is 1. The zero-order chi connectivity index (χ0) is 22.7. The van der Waals surface area contributed by atoms with Crippen LogP contribution in [0.4, 0.5) is 11.5 Å². The molecule has 1 saturated heterocycles. The van der Waals surface area contributed by atoms with E-state index in [1.165, 1.54) is 10.7 Å². The van der Waals surface area contributed by atoms with Crippen LogP contribution in [-0.4, -0.2) is 35.9 Å². The maximum Gasteiger partial charge on any atom is 0.271 e. The van der Waals surface area contributed by atoms with E-state index in [0.29, 0.717) is 42.5 Å². The summed E-state index contributed by atoms with van der Waals surface area (Å²) in [6, 6.07) is 16.0. The molecule has 0 unspecified atom stereocenters. The molecule has 0 radical (unpaired) electrons. The summed E-state index contributed by atoms with van der Waals surface area (Å²) in [4.78, 5) is 27.2. The van der Waals surface area contributed by atoms with Gasteiger partial charge in [0.1, 0.15) is 11.6 Å². The molecule has 1 aliphatic heterocycles. The molecule has 0 spiro atoms. The summed E-state index contributed by atoms with van der Waals surface area (Å²) in [5.74, 6) is 1.39. The monoisotopic (exact) mass is 452 g/mol. The molecule has 0 atom stereocenters. The lowest BCUT2D eigenvalue weighted by molar-refractivity contribution is -0.120. The van der Waals surface area contributed by atoms with Gasteiger partial charge in [0.2, 0.25) is 5.91 Å². The Morgan fingerprint density at radius 3 is 2.47 bits per heavy atom. The second kappa shape index (κ2) is 9.44. The van der Waals surface area contributed by atoms with Gasteiger partial charge in [0.05, 0.1) is 12.8 Å². The molecule has 3 aromatic rings. The van der Waals surface area contributed by atoms with Crippen LogP contribution < -0.4 is 20.5 Å². The molecule has 0 aliphatic carbocycles. The van der Waals surface area contributed by atoms with E-state index in [9.17, 15) is 9.59 Å². The van der Waals surface area contributed by atoms with Crippen molar-refractivity contribution in [1.82, 2.24) is 9.78 Å². The molecule has 166 valence electrons. The number of anilines is 2. The highest BCUT2D eigenvalue weighted by atomic mass is 35.5. The van der Waals surface area contributed by atoms with Gasteiger partial charge in [-0.25, -0.2) is 0 Å². The summed E-state index contributed by atoms with van der Waals surface area (Å²) in [5, 5.41) is 8.12. The Kier molecular flexibility index (Phi) is 6.46. The maximum atomic E-state index is 12.7. The average molecular weight is 453 g/mol. The van der Waals surface area contributed by atoms with Crippen molar-refractivity contribution in [2.45, 2.75) is 19.8 Å². The van der Waals surface area contributed by atoms with Crippen LogP contribution in [0.2, 0.25) is 5.02 Å². The van der Waals surface area contributed by atoms with Gasteiger partial charge in [0.15, 0.2) is 0 Å². The number of carbonyl (C=O) groups excluding carboxylic acids is 1. The zero-order valence-electron chi connectivity index (χ0n) is 18.0. The lowest BCUT2D eigenvalue weighted by Gasteiger charge is -2.32. The number of benzene rings is 2. The van der Waals surface area contributed by atoms with Gasteiger partial charge in [-0.3, -0.25) is 9.59 Å². The van der Waals surface area contributed by atoms with Crippen molar-refractivity contribution in [3.63, 3.8) is 0 Å². The predicted molar refractivity (Wildman–Crippen MR) is 126 cm³/mol. The van der Waals surface area contributed by atoms with E-state index in [4.69, 9.17) is 16.3 Å². The first kappa shape index (κ1) is 21.9. The highest BCUT2D eigenvalue weighted by Gasteiger charge is 2.26. The van der Waals surface area contributed by atoms with E-state index >= 15 is 0 Å². The smallest absolute Gasteiger partial charge is 0.271 e. The Bertz CT molecular complexity index is 1170. The van der Waals surface area contributed by atoms with Gasteiger partial charge in [-0.2, -0.15) is 4.68 Å². The van der Waals surface area contributed by atoms with Crippen LogP contribution in [0.3, 0.4) is 0 Å². The van der Waals surface area contributed by atoms with Crippen LogP contribution in [0, 0.1) is 12.8 Å². The van der Waals surface area contributed by atoms with Gasteiger partial charge in [-0.1, -0.05) is 17.7 Å². The molecule has 2 aromatic carbocycles. The van der Waals surface area contributed by atoms with Crippen molar-refractivity contribution in [3.05, 3.63) is 75.5 Å². The van der Waals surface area contributed by atoms with Gasteiger partial charge in [-0.15, -0.1) is 5.10 Å². The Morgan fingerprint density at radius 2 is 1.81 bits per heavy atom. The van der Waals surface area contributed by atoms with E-state index in [1.807, 2.05) is 43.3 Å². The highest BCUT2D eigenvalue weighted by Crippen LogP contribution is 2.24. The average Bonchev–Trinajstić information content (AvgIpc) is 2.82. The summed E-state index contributed by atoms with van der Waals surface area (Å²) < 4.78 is 6.51. The standard InChI is InChI=1S/C24H25ClN4O3/c1-16-3-6-19(15-21(16)25)29-23(30)10-9-22(27-29)28-13-11-17(12-14-28)24(31)26-18-4-7-20(32-2)8-5-18/h3-10,15,17H,11-14H2,1-2H3,(H,26,31). The van der Waals surface area contributed by atoms with Gasteiger partial charge < -0.3 is 15.0 Å². The summed E-state index contributed by atoms with van der Waals surface area (Å²) >= 11 is 6.23. The molecule has 1 N–H and O–H groups in total. The molecular weight excluding hydrogens is 428 g/mol.